The van der Waals surface area contributed by atoms with E-state index in [1.165, 1.54) is 40.3 Å². The van der Waals surface area contributed by atoms with E-state index in [-0.39, 0.29) is 10.5 Å². The van der Waals surface area contributed by atoms with Crippen LogP contribution in [-0.2, 0) is 24.3 Å². The van der Waals surface area contributed by atoms with Crippen molar-refractivity contribution in [1.82, 2.24) is 9.62 Å². The number of anilines is 1. The maximum atomic E-state index is 12.5. The zero-order valence-corrected chi connectivity index (χ0v) is 20.3. The molecule has 2 rings (SSSR count). The summed E-state index contributed by atoms with van der Waals surface area (Å²) in [5.41, 5.74) is 0.773. The number of benzene rings is 2. The van der Waals surface area contributed by atoms with Crippen molar-refractivity contribution >= 4 is 45.3 Å². The number of hydrogen-bond acceptors (Lipinski definition) is 7. The number of ether oxygens (including phenoxy) is 1. The van der Waals surface area contributed by atoms with Crippen LogP contribution < -0.4 is 10.6 Å². The summed E-state index contributed by atoms with van der Waals surface area (Å²) >= 11 is 1.53. The van der Waals surface area contributed by atoms with E-state index in [0.717, 1.165) is 4.90 Å². The fourth-order valence-electron chi connectivity index (χ4n) is 2.84. The van der Waals surface area contributed by atoms with Crippen LogP contribution in [0.4, 0.5) is 5.69 Å². The summed E-state index contributed by atoms with van der Waals surface area (Å²) in [5, 5.41) is 5.01. The highest BCUT2D eigenvalue weighted by atomic mass is 32.2. The monoisotopic (exact) mass is 493 g/mol. The van der Waals surface area contributed by atoms with Gasteiger partial charge in [0.15, 0.2) is 6.61 Å². The molecule has 0 aliphatic heterocycles. The van der Waals surface area contributed by atoms with Crippen molar-refractivity contribution in [2.24, 2.45) is 0 Å². The average molecular weight is 494 g/mol. The molecule has 11 heteroatoms. The number of carbonyl (C=O) groups is 3. The summed E-state index contributed by atoms with van der Waals surface area (Å²) in [6, 6.07) is 12.6. The molecule has 0 spiro atoms. The summed E-state index contributed by atoms with van der Waals surface area (Å²) in [4.78, 5) is 37.1. The number of nitrogens with one attached hydrogen (secondary N) is 2. The van der Waals surface area contributed by atoms with Gasteiger partial charge >= 0.3 is 5.97 Å². The number of amides is 2. The largest absolute Gasteiger partial charge is 0.454 e. The van der Waals surface area contributed by atoms with Crippen LogP contribution in [0.5, 0.6) is 0 Å². The van der Waals surface area contributed by atoms with Gasteiger partial charge in [-0.25, -0.2) is 8.42 Å². The van der Waals surface area contributed by atoms with Crippen LogP contribution in [0, 0.1) is 0 Å². The van der Waals surface area contributed by atoms with Crippen LogP contribution in [0.25, 0.3) is 0 Å². The Hall–Kier alpha value is -2.89. The topological polar surface area (TPSA) is 122 Å². The molecule has 0 unspecified atom stereocenters. The lowest BCUT2D eigenvalue weighted by molar-refractivity contribution is -0.146. The van der Waals surface area contributed by atoms with E-state index in [0.29, 0.717) is 18.8 Å². The second-order valence-electron chi connectivity index (χ2n) is 6.74. The van der Waals surface area contributed by atoms with Crippen molar-refractivity contribution in [1.29, 1.82) is 0 Å². The van der Waals surface area contributed by atoms with Crippen LogP contribution in [0.2, 0.25) is 0 Å². The Kier molecular flexibility index (Phi) is 9.89. The van der Waals surface area contributed by atoms with Gasteiger partial charge in [0.05, 0.1) is 4.90 Å². The van der Waals surface area contributed by atoms with Crippen LogP contribution in [0.3, 0.4) is 0 Å². The molecule has 0 atom stereocenters. The molecule has 9 nitrogen and oxygen atoms in total. The standard InChI is InChI=1S/C22H27N3O6S2/c1-4-25(5-2)33(29,30)19-11-9-16(10-12-19)22(28)23-14-21(27)31-15-20(26)24-17-7-6-8-18(13-17)32-3/h6-13H,4-5,14-15H2,1-3H3,(H,23,28)(H,24,26). The second-order valence-corrected chi connectivity index (χ2v) is 9.55. The lowest BCUT2D eigenvalue weighted by Gasteiger charge is -2.18. The van der Waals surface area contributed by atoms with Gasteiger partial charge in [0.25, 0.3) is 11.8 Å². The summed E-state index contributed by atoms with van der Waals surface area (Å²) in [5.74, 6) is -1.85. The molecule has 0 fully saturated rings. The highest BCUT2D eigenvalue weighted by Gasteiger charge is 2.21. The van der Waals surface area contributed by atoms with E-state index in [4.69, 9.17) is 4.74 Å². The van der Waals surface area contributed by atoms with Crippen LogP contribution in [0.1, 0.15) is 24.2 Å². The molecule has 0 saturated heterocycles. The second kappa shape index (κ2) is 12.4. The van der Waals surface area contributed by atoms with Crippen molar-refractivity contribution in [2.45, 2.75) is 23.6 Å². The van der Waals surface area contributed by atoms with E-state index in [1.54, 1.807) is 32.0 Å². The molecule has 0 heterocycles. The summed E-state index contributed by atoms with van der Waals surface area (Å²) in [7, 11) is -3.62. The van der Waals surface area contributed by atoms with Gasteiger partial charge < -0.3 is 15.4 Å². The summed E-state index contributed by atoms with van der Waals surface area (Å²) in [6.07, 6.45) is 1.92. The van der Waals surface area contributed by atoms with Gasteiger partial charge in [-0.3, -0.25) is 14.4 Å². The maximum absolute atomic E-state index is 12.5. The summed E-state index contributed by atoms with van der Waals surface area (Å²) in [6.45, 7) is 3.24. The molecule has 2 amide bonds. The Labute approximate surface area is 197 Å². The minimum atomic E-state index is -3.62. The highest BCUT2D eigenvalue weighted by molar-refractivity contribution is 7.98. The van der Waals surface area contributed by atoms with Crippen molar-refractivity contribution in [2.75, 3.05) is 37.8 Å². The Morgan fingerprint density at radius 1 is 1.03 bits per heavy atom. The van der Waals surface area contributed by atoms with Crippen LogP contribution >= 0.6 is 11.8 Å². The zero-order valence-electron chi connectivity index (χ0n) is 18.7. The third-order valence-electron chi connectivity index (χ3n) is 4.57. The third-order valence-corrected chi connectivity index (χ3v) is 7.36. The first kappa shape index (κ1) is 26.4. The molecule has 33 heavy (non-hydrogen) atoms. The van der Waals surface area contributed by atoms with Gasteiger partial charge in [0.2, 0.25) is 10.0 Å². The first-order chi connectivity index (χ1) is 15.7. The van der Waals surface area contributed by atoms with Crippen molar-refractivity contribution < 1.29 is 27.5 Å². The van der Waals surface area contributed by atoms with E-state index in [1.807, 2.05) is 12.3 Å². The predicted octanol–water partition coefficient (Wildman–Crippen LogP) is 2.35. The molecule has 0 radical (unpaired) electrons. The molecule has 2 N–H and O–H groups in total. The normalized spacial score (nSPS) is 11.2. The molecule has 178 valence electrons. The number of rotatable bonds is 11. The van der Waals surface area contributed by atoms with Crippen LogP contribution in [-0.4, -0.2) is 63.0 Å². The van der Waals surface area contributed by atoms with E-state index in [2.05, 4.69) is 10.6 Å². The zero-order chi connectivity index (χ0) is 24.4. The maximum Gasteiger partial charge on any atom is 0.325 e. The number of nitrogens with zero attached hydrogens (tertiary/aromatic N) is 1. The molecule has 2 aromatic carbocycles. The smallest absolute Gasteiger partial charge is 0.325 e. The van der Waals surface area contributed by atoms with Gasteiger partial charge in [0.1, 0.15) is 6.54 Å². The minimum absolute atomic E-state index is 0.0799. The van der Waals surface area contributed by atoms with E-state index < -0.39 is 41.0 Å². The van der Waals surface area contributed by atoms with Gasteiger partial charge in [-0.2, -0.15) is 4.31 Å². The third kappa shape index (κ3) is 7.58. The van der Waals surface area contributed by atoms with Gasteiger partial charge in [-0.1, -0.05) is 19.9 Å². The minimum Gasteiger partial charge on any atom is -0.454 e. The number of carbonyl (C=O) groups excluding carboxylic acids is 3. The SMILES string of the molecule is CCN(CC)S(=O)(=O)c1ccc(C(=O)NCC(=O)OCC(=O)Nc2cccc(SC)c2)cc1. The van der Waals surface area contributed by atoms with Crippen molar-refractivity contribution in [3.8, 4) is 0 Å². The van der Waals surface area contributed by atoms with Crippen molar-refractivity contribution in [3.63, 3.8) is 0 Å². The number of sulfonamides is 1. The lowest BCUT2D eigenvalue weighted by Crippen LogP contribution is -2.32. The molecule has 0 aromatic heterocycles. The Morgan fingerprint density at radius 3 is 2.30 bits per heavy atom. The van der Waals surface area contributed by atoms with Gasteiger partial charge in [0, 0.05) is 29.2 Å². The Balaban J connectivity index is 1.82. The Morgan fingerprint density at radius 2 is 1.70 bits per heavy atom. The van der Waals surface area contributed by atoms with E-state index >= 15 is 0 Å². The number of thioether (sulfide) groups is 1. The van der Waals surface area contributed by atoms with E-state index in [9.17, 15) is 22.8 Å². The number of hydrogen-bond donors (Lipinski definition) is 2. The molecular weight excluding hydrogens is 466 g/mol. The molecular formula is C22H27N3O6S2. The van der Waals surface area contributed by atoms with Gasteiger partial charge in [-0.05, 0) is 48.7 Å². The molecule has 0 saturated carbocycles. The first-order valence-electron chi connectivity index (χ1n) is 10.2. The lowest BCUT2D eigenvalue weighted by atomic mass is 10.2. The first-order valence-corrected chi connectivity index (χ1v) is 12.9. The van der Waals surface area contributed by atoms with Crippen LogP contribution in [0.15, 0.2) is 58.3 Å². The summed E-state index contributed by atoms with van der Waals surface area (Å²) < 4.78 is 31.2. The average Bonchev–Trinajstić information content (AvgIpc) is 2.82. The Bertz CT molecular complexity index is 1080. The van der Waals surface area contributed by atoms with Gasteiger partial charge in [-0.15, -0.1) is 11.8 Å². The van der Waals surface area contributed by atoms with Crippen molar-refractivity contribution in [3.05, 3.63) is 54.1 Å². The fourth-order valence-corrected chi connectivity index (χ4v) is 4.76. The fraction of sp³-hybridized carbons (Fsp3) is 0.318. The predicted molar refractivity (Wildman–Crippen MR) is 127 cm³/mol. The molecule has 0 aliphatic carbocycles. The highest BCUT2D eigenvalue weighted by Crippen LogP contribution is 2.19. The molecule has 2 aromatic rings. The number of esters is 1. The molecule has 0 aliphatic rings. The molecule has 0 bridgehead atoms. The quantitative estimate of drug-likeness (QED) is 0.364.